The lowest BCUT2D eigenvalue weighted by atomic mass is 10.1. The van der Waals surface area contributed by atoms with Crippen molar-refractivity contribution in [3.8, 4) is 5.75 Å². The Morgan fingerprint density at radius 1 is 1.43 bits per heavy atom. The van der Waals surface area contributed by atoms with Crippen LogP contribution in [0.4, 0.5) is 5.69 Å². The van der Waals surface area contributed by atoms with Crippen molar-refractivity contribution >= 4 is 21.6 Å². The number of ether oxygens (including phenoxy) is 1. The number of fused-ring (bicyclic) bond motifs is 1. The van der Waals surface area contributed by atoms with Gasteiger partial charge in [-0.05, 0) is 24.1 Å². The quantitative estimate of drug-likeness (QED) is 0.725. The molecule has 3 N–H and O–H groups in total. The molecule has 1 aliphatic heterocycles. The van der Waals surface area contributed by atoms with Crippen LogP contribution in [0.2, 0.25) is 0 Å². The lowest BCUT2D eigenvalue weighted by molar-refractivity contribution is -0.118. The number of nitrogens with one attached hydrogen (secondary N) is 2. The van der Waals surface area contributed by atoms with Crippen LogP contribution in [0.15, 0.2) is 23.1 Å². The van der Waals surface area contributed by atoms with Crippen molar-refractivity contribution < 1.29 is 23.1 Å². The predicted molar refractivity (Wildman–Crippen MR) is 76.6 cm³/mol. The predicted octanol–water partition coefficient (Wildman–Crippen LogP) is 0.313. The molecule has 1 aromatic carbocycles. The van der Waals surface area contributed by atoms with Crippen LogP contribution in [0.1, 0.15) is 13.8 Å². The number of rotatable bonds is 5. The van der Waals surface area contributed by atoms with Gasteiger partial charge in [0.15, 0.2) is 6.61 Å². The normalized spacial score (nSPS) is 16.1. The highest BCUT2D eigenvalue weighted by Crippen LogP contribution is 2.30. The molecule has 8 heteroatoms. The molecule has 1 aromatic rings. The Kier molecular flexibility index (Phi) is 4.50. The molecule has 0 unspecified atom stereocenters. The Hall–Kier alpha value is -1.64. The van der Waals surface area contributed by atoms with Gasteiger partial charge >= 0.3 is 0 Å². The van der Waals surface area contributed by atoms with Crippen molar-refractivity contribution in [1.82, 2.24) is 4.72 Å². The third-order valence-corrected chi connectivity index (χ3v) is 4.69. The van der Waals surface area contributed by atoms with Gasteiger partial charge in [-0.3, -0.25) is 4.79 Å². The fourth-order valence-corrected chi connectivity index (χ4v) is 3.28. The highest BCUT2D eigenvalue weighted by Gasteiger charge is 2.24. The molecular weight excluding hydrogens is 296 g/mol. The lowest BCUT2D eigenvalue weighted by Crippen LogP contribution is -2.41. The highest BCUT2D eigenvalue weighted by molar-refractivity contribution is 7.89. The minimum absolute atomic E-state index is 0.00569. The number of benzene rings is 1. The van der Waals surface area contributed by atoms with Crippen molar-refractivity contribution in [2.75, 3.05) is 18.5 Å². The van der Waals surface area contributed by atoms with E-state index in [-0.39, 0.29) is 29.9 Å². The summed E-state index contributed by atoms with van der Waals surface area (Å²) in [6, 6.07) is 3.65. The molecule has 1 atom stereocenters. The number of carbonyl (C=O) groups is 1. The average Bonchev–Trinajstić information content (AvgIpc) is 2.43. The van der Waals surface area contributed by atoms with E-state index in [1.165, 1.54) is 18.2 Å². The van der Waals surface area contributed by atoms with E-state index in [0.717, 1.165) is 0 Å². The van der Waals surface area contributed by atoms with Crippen LogP contribution < -0.4 is 14.8 Å². The monoisotopic (exact) mass is 314 g/mol. The van der Waals surface area contributed by atoms with Crippen LogP contribution in [0.5, 0.6) is 5.75 Å². The Morgan fingerprint density at radius 3 is 2.76 bits per heavy atom. The summed E-state index contributed by atoms with van der Waals surface area (Å²) in [4.78, 5) is 11.3. The van der Waals surface area contributed by atoms with Crippen LogP contribution >= 0.6 is 0 Å². The minimum Gasteiger partial charge on any atom is -0.482 e. The molecule has 7 nitrogen and oxygen atoms in total. The van der Waals surface area contributed by atoms with Crippen LogP contribution in [0, 0.1) is 5.92 Å². The largest absolute Gasteiger partial charge is 0.482 e. The second kappa shape index (κ2) is 6.00. The van der Waals surface area contributed by atoms with E-state index in [4.69, 9.17) is 4.74 Å². The van der Waals surface area contributed by atoms with Crippen molar-refractivity contribution in [2.45, 2.75) is 24.8 Å². The first-order valence-electron chi connectivity index (χ1n) is 6.53. The maximum absolute atomic E-state index is 12.3. The molecule has 0 fully saturated rings. The Balaban J connectivity index is 2.28. The zero-order chi connectivity index (χ0) is 15.6. The summed E-state index contributed by atoms with van der Waals surface area (Å²) in [7, 11) is -3.78. The van der Waals surface area contributed by atoms with Gasteiger partial charge in [-0.1, -0.05) is 13.8 Å². The van der Waals surface area contributed by atoms with E-state index in [9.17, 15) is 18.3 Å². The summed E-state index contributed by atoms with van der Waals surface area (Å²) < 4.78 is 32.2. The van der Waals surface area contributed by atoms with Crippen LogP contribution in [-0.2, 0) is 14.8 Å². The number of hydrogen-bond acceptors (Lipinski definition) is 5. The van der Waals surface area contributed by atoms with Gasteiger partial charge in [0.05, 0.1) is 17.2 Å². The van der Waals surface area contributed by atoms with Crippen molar-refractivity contribution in [3.05, 3.63) is 18.2 Å². The van der Waals surface area contributed by atoms with E-state index in [2.05, 4.69) is 10.0 Å². The number of aliphatic hydroxyl groups is 1. The Bertz CT molecular complexity index is 642. The van der Waals surface area contributed by atoms with Crippen LogP contribution in [0.25, 0.3) is 0 Å². The molecule has 1 amide bonds. The number of hydrogen-bond donors (Lipinski definition) is 3. The number of anilines is 1. The second-order valence-corrected chi connectivity index (χ2v) is 6.86. The molecule has 0 bridgehead atoms. The first kappa shape index (κ1) is 15.7. The van der Waals surface area contributed by atoms with Gasteiger partial charge in [-0.25, -0.2) is 13.1 Å². The summed E-state index contributed by atoms with van der Waals surface area (Å²) in [6.07, 6.45) is 0. The smallest absolute Gasteiger partial charge is 0.262 e. The zero-order valence-corrected chi connectivity index (χ0v) is 12.6. The summed E-state index contributed by atoms with van der Waals surface area (Å²) >= 11 is 0. The summed E-state index contributed by atoms with van der Waals surface area (Å²) in [5.74, 6) is 0.0435. The molecular formula is C13H18N2O5S. The minimum atomic E-state index is -3.78. The first-order valence-corrected chi connectivity index (χ1v) is 8.01. The molecule has 0 saturated heterocycles. The van der Waals surface area contributed by atoms with Gasteiger partial charge in [-0.15, -0.1) is 0 Å². The van der Waals surface area contributed by atoms with E-state index in [1.54, 1.807) is 0 Å². The summed E-state index contributed by atoms with van der Waals surface area (Å²) in [5, 5.41) is 11.8. The molecule has 0 aliphatic carbocycles. The Morgan fingerprint density at radius 2 is 2.14 bits per heavy atom. The van der Waals surface area contributed by atoms with Gasteiger partial charge in [0, 0.05) is 6.04 Å². The summed E-state index contributed by atoms with van der Waals surface area (Å²) in [5.41, 5.74) is 0.319. The number of sulfonamides is 1. The van der Waals surface area contributed by atoms with E-state index >= 15 is 0 Å². The number of amides is 1. The van der Waals surface area contributed by atoms with Crippen LogP contribution in [0.3, 0.4) is 0 Å². The van der Waals surface area contributed by atoms with Gasteiger partial charge in [0.2, 0.25) is 10.0 Å². The SMILES string of the molecule is CC(C)[C@@H](CO)NS(=O)(=O)c1ccc2c(c1)NC(=O)CO2. The lowest BCUT2D eigenvalue weighted by Gasteiger charge is -2.21. The van der Waals surface area contributed by atoms with Gasteiger partial charge in [0.1, 0.15) is 5.75 Å². The van der Waals surface area contributed by atoms with Crippen molar-refractivity contribution in [2.24, 2.45) is 5.92 Å². The molecule has 21 heavy (non-hydrogen) atoms. The molecule has 0 spiro atoms. The molecule has 1 heterocycles. The van der Waals surface area contributed by atoms with Gasteiger partial charge in [0.25, 0.3) is 5.91 Å². The fraction of sp³-hybridized carbons (Fsp3) is 0.462. The molecule has 0 saturated carbocycles. The molecule has 0 aromatic heterocycles. The number of carbonyl (C=O) groups excluding carboxylic acids is 1. The number of aliphatic hydroxyl groups excluding tert-OH is 1. The Labute approximate surface area is 123 Å². The van der Waals surface area contributed by atoms with E-state index < -0.39 is 16.1 Å². The molecule has 0 radical (unpaired) electrons. The van der Waals surface area contributed by atoms with E-state index in [1.807, 2.05) is 13.8 Å². The first-order chi connectivity index (χ1) is 9.83. The van der Waals surface area contributed by atoms with Crippen LogP contribution in [-0.4, -0.2) is 38.7 Å². The molecule has 1 aliphatic rings. The maximum Gasteiger partial charge on any atom is 0.262 e. The highest BCUT2D eigenvalue weighted by atomic mass is 32.2. The van der Waals surface area contributed by atoms with Crippen molar-refractivity contribution in [3.63, 3.8) is 0 Å². The maximum atomic E-state index is 12.3. The average molecular weight is 314 g/mol. The van der Waals surface area contributed by atoms with Crippen molar-refractivity contribution in [1.29, 1.82) is 0 Å². The third kappa shape index (κ3) is 3.52. The second-order valence-electron chi connectivity index (χ2n) is 5.15. The third-order valence-electron chi connectivity index (χ3n) is 3.20. The molecule has 2 rings (SSSR count). The standard InChI is InChI=1S/C13H18N2O5S/c1-8(2)11(6-16)15-21(18,19)9-3-4-12-10(5-9)14-13(17)7-20-12/h3-5,8,11,15-16H,6-7H2,1-2H3,(H,14,17)/t11-/m1/s1. The topological polar surface area (TPSA) is 105 Å². The van der Waals surface area contributed by atoms with E-state index in [0.29, 0.717) is 11.4 Å². The summed E-state index contributed by atoms with van der Waals surface area (Å²) in [6.45, 7) is 3.24. The molecule has 116 valence electrons. The fourth-order valence-electron chi connectivity index (χ4n) is 1.88. The zero-order valence-electron chi connectivity index (χ0n) is 11.8. The van der Waals surface area contributed by atoms with Gasteiger partial charge < -0.3 is 15.2 Å². The van der Waals surface area contributed by atoms with Gasteiger partial charge in [-0.2, -0.15) is 0 Å².